The first kappa shape index (κ1) is 30.6. The molecule has 0 heterocycles. The fourth-order valence-electron chi connectivity index (χ4n) is 6.50. The zero-order chi connectivity index (χ0) is 30.7. The summed E-state index contributed by atoms with van der Waals surface area (Å²) in [5.41, 5.74) is 0.892. The molecule has 0 aromatic heterocycles. The van der Waals surface area contributed by atoms with E-state index in [0.29, 0.717) is 21.3 Å². The van der Waals surface area contributed by atoms with Crippen LogP contribution in [0.4, 0.5) is 5.69 Å². The smallest absolute Gasteiger partial charge is 0.384 e. The number of aliphatic hydroxyl groups is 2. The average molecular weight is 677 g/mol. The molecule has 0 bridgehead atoms. The number of hydrogen-bond donors (Lipinski definition) is 4. The average Bonchev–Trinajstić information content (AvgIpc) is 2.85. The van der Waals surface area contributed by atoms with Gasteiger partial charge in [0.15, 0.2) is 5.60 Å². The summed E-state index contributed by atoms with van der Waals surface area (Å²) in [6.07, 6.45) is 1.88. The van der Waals surface area contributed by atoms with Gasteiger partial charge >= 0.3 is 5.97 Å². The molecule has 218 valence electrons. The summed E-state index contributed by atoms with van der Waals surface area (Å²) in [5, 5.41) is 34.7. The number of anilines is 1. The maximum absolute atomic E-state index is 14.1. The van der Waals surface area contributed by atoms with Crippen LogP contribution in [-0.4, -0.2) is 65.1 Å². The van der Waals surface area contributed by atoms with E-state index in [0.717, 1.165) is 6.42 Å². The molecule has 0 saturated heterocycles. The van der Waals surface area contributed by atoms with Crippen LogP contribution in [0.5, 0.6) is 5.75 Å². The molecule has 1 aromatic rings. The highest BCUT2D eigenvalue weighted by Crippen LogP contribution is 2.63. The Kier molecular flexibility index (Phi) is 7.81. The predicted molar refractivity (Wildman–Crippen MR) is 159 cm³/mol. The van der Waals surface area contributed by atoms with E-state index in [-0.39, 0.29) is 42.6 Å². The molecule has 1 fully saturated rings. The number of unbranched alkanes of at least 4 members (excludes halogenated alkanes) is 1. The number of benzene rings is 1. The third-order valence-corrected chi connectivity index (χ3v) is 9.29. The SMILES string of the molecule is CCCCOC(=O)C#Cc1cc(N(C)C)c2c(c1O)C(O)=C1C(=O)[C@]3(O)C(=O)C(C(N)=O)=C(I)C[C@]3(C)C[C@]1(C)C2. The highest BCUT2D eigenvalue weighted by atomic mass is 127. The lowest BCUT2D eigenvalue weighted by Gasteiger charge is -2.56. The molecule has 0 radical (unpaired) electrons. The van der Waals surface area contributed by atoms with E-state index in [4.69, 9.17) is 10.5 Å². The third-order valence-electron chi connectivity index (χ3n) is 8.37. The van der Waals surface area contributed by atoms with Crippen molar-refractivity contribution in [3.63, 3.8) is 0 Å². The number of fused-ring (bicyclic) bond motifs is 3. The Morgan fingerprint density at radius 1 is 1.17 bits per heavy atom. The number of carbonyl (C=O) groups is 4. The number of rotatable bonds is 5. The van der Waals surface area contributed by atoms with Crippen LogP contribution in [0.3, 0.4) is 0 Å². The Morgan fingerprint density at radius 3 is 2.41 bits per heavy atom. The lowest BCUT2D eigenvalue weighted by molar-refractivity contribution is -0.171. The molecule has 4 rings (SSSR count). The number of Topliss-reactive ketones (excluding diaryl/α,β-unsaturated/α-hetero) is 2. The summed E-state index contributed by atoms with van der Waals surface area (Å²) in [6.45, 7) is 5.55. The molecule has 3 aliphatic rings. The number of hydrogen-bond acceptors (Lipinski definition) is 9. The predicted octanol–water partition coefficient (Wildman–Crippen LogP) is 2.84. The number of nitrogens with zero attached hydrogens (tertiary/aromatic N) is 1. The number of ketones is 2. The first-order valence-corrected chi connectivity index (χ1v) is 14.3. The van der Waals surface area contributed by atoms with Gasteiger partial charge < -0.3 is 30.7 Å². The molecule has 3 aliphatic carbocycles. The molecule has 1 amide bonds. The van der Waals surface area contributed by atoms with Crippen molar-refractivity contribution in [2.75, 3.05) is 25.6 Å². The maximum Gasteiger partial charge on any atom is 0.384 e. The van der Waals surface area contributed by atoms with Crippen LogP contribution >= 0.6 is 22.6 Å². The van der Waals surface area contributed by atoms with Crippen LogP contribution in [0.15, 0.2) is 20.8 Å². The Labute approximate surface area is 251 Å². The molecule has 1 saturated carbocycles. The summed E-state index contributed by atoms with van der Waals surface area (Å²) in [7, 11) is 3.54. The van der Waals surface area contributed by atoms with E-state index < -0.39 is 57.0 Å². The van der Waals surface area contributed by atoms with E-state index in [1.165, 1.54) is 0 Å². The Morgan fingerprint density at radius 2 is 1.83 bits per heavy atom. The van der Waals surface area contributed by atoms with Crippen molar-refractivity contribution < 1.29 is 39.2 Å². The van der Waals surface area contributed by atoms with E-state index in [1.807, 2.05) is 29.5 Å². The van der Waals surface area contributed by atoms with Crippen molar-refractivity contribution in [2.24, 2.45) is 16.6 Å². The van der Waals surface area contributed by atoms with Gasteiger partial charge in [-0.2, -0.15) is 0 Å². The molecular formula is C30H33IN2O8. The van der Waals surface area contributed by atoms with E-state index in [1.54, 1.807) is 38.9 Å². The van der Waals surface area contributed by atoms with Crippen molar-refractivity contribution in [3.8, 4) is 17.6 Å². The molecule has 1 aromatic carbocycles. The number of phenolic OH excluding ortho intramolecular Hbond substituents is 1. The number of ether oxygens (including phenoxy) is 1. The first-order chi connectivity index (χ1) is 19.0. The topological polar surface area (TPSA) is 167 Å². The van der Waals surface area contributed by atoms with Crippen LogP contribution in [-0.2, 0) is 30.3 Å². The number of phenols is 1. The molecule has 11 heteroatoms. The summed E-state index contributed by atoms with van der Waals surface area (Å²) in [5.74, 6) is -0.0564. The number of allylic oxidation sites excluding steroid dienone is 1. The minimum absolute atomic E-state index is 0.0182. The van der Waals surface area contributed by atoms with Crippen LogP contribution in [0.2, 0.25) is 0 Å². The maximum atomic E-state index is 14.1. The molecule has 0 aliphatic heterocycles. The van der Waals surface area contributed by atoms with Gasteiger partial charge in [-0.05, 0) is 59.9 Å². The largest absolute Gasteiger partial charge is 0.507 e. The van der Waals surface area contributed by atoms with E-state index in [2.05, 4.69) is 11.8 Å². The quantitative estimate of drug-likeness (QED) is 0.0916. The normalized spacial score (nSPS) is 26.9. The van der Waals surface area contributed by atoms with Gasteiger partial charge in [0, 0.05) is 45.7 Å². The van der Waals surface area contributed by atoms with Gasteiger partial charge in [0.05, 0.1) is 23.3 Å². The number of esters is 1. The highest BCUT2D eigenvalue weighted by molar-refractivity contribution is 14.1. The minimum atomic E-state index is -2.65. The number of nitrogens with two attached hydrogens (primary N) is 1. The van der Waals surface area contributed by atoms with Crippen molar-refractivity contribution in [2.45, 2.75) is 58.5 Å². The molecule has 0 unspecified atom stereocenters. The van der Waals surface area contributed by atoms with Crippen LogP contribution < -0.4 is 10.6 Å². The van der Waals surface area contributed by atoms with Gasteiger partial charge in [0.1, 0.15) is 11.5 Å². The van der Waals surface area contributed by atoms with E-state index >= 15 is 0 Å². The van der Waals surface area contributed by atoms with E-state index in [9.17, 15) is 34.5 Å². The molecular weight excluding hydrogens is 643 g/mol. The molecule has 41 heavy (non-hydrogen) atoms. The number of aromatic hydroxyl groups is 1. The molecule has 0 spiro atoms. The summed E-state index contributed by atoms with van der Waals surface area (Å²) < 4.78 is 5.42. The minimum Gasteiger partial charge on any atom is -0.507 e. The van der Waals surface area contributed by atoms with Gasteiger partial charge in [-0.1, -0.05) is 33.1 Å². The number of amides is 1. The fourth-order valence-corrected chi connectivity index (χ4v) is 7.86. The van der Waals surface area contributed by atoms with Crippen molar-refractivity contribution in [1.29, 1.82) is 0 Å². The number of carbonyl (C=O) groups excluding carboxylic acids is 4. The van der Waals surface area contributed by atoms with Crippen molar-refractivity contribution in [1.82, 2.24) is 0 Å². The Hall–Kier alpha value is -3.37. The second kappa shape index (κ2) is 10.5. The highest BCUT2D eigenvalue weighted by Gasteiger charge is 2.69. The Balaban J connectivity index is 1.93. The van der Waals surface area contributed by atoms with Gasteiger partial charge in [-0.15, -0.1) is 0 Å². The summed E-state index contributed by atoms with van der Waals surface area (Å²) in [6, 6.07) is 1.60. The Bertz CT molecular complexity index is 1530. The second-order valence-corrected chi connectivity index (χ2v) is 13.0. The first-order valence-electron chi connectivity index (χ1n) is 13.2. The molecule has 3 atom stereocenters. The summed E-state index contributed by atoms with van der Waals surface area (Å²) in [4.78, 5) is 53.6. The lowest BCUT2D eigenvalue weighted by Crippen LogP contribution is -2.68. The van der Waals surface area contributed by atoms with Crippen molar-refractivity contribution >= 4 is 57.5 Å². The molecule has 10 nitrogen and oxygen atoms in total. The zero-order valence-electron chi connectivity index (χ0n) is 23.6. The number of aliphatic hydroxyl groups excluding tert-OH is 1. The monoisotopic (exact) mass is 676 g/mol. The van der Waals surface area contributed by atoms with Gasteiger partial charge in [-0.25, -0.2) is 4.79 Å². The number of primary amides is 1. The zero-order valence-corrected chi connectivity index (χ0v) is 25.8. The molecule has 5 N–H and O–H groups in total. The number of halogens is 1. The van der Waals surface area contributed by atoms with Gasteiger partial charge in [0.2, 0.25) is 11.6 Å². The second-order valence-electron chi connectivity index (χ2n) is 11.7. The van der Waals surface area contributed by atoms with Crippen LogP contribution in [0.25, 0.3) is 5.76 Å². The fraction of sp³-hybridized carbons (Fsp3) is 0.467. The lowest BCUT2D eigenvalue weighted by atomic mass is 9.47. The van der Waals surface area contributed by atoms with Gasteiger partial charge in [-0.3, -0.25) is 14.4 Å². The third kappa shape index (κ3) is 4.61. The standard InChI is InChI=1S/C30H33IN2O8/c1-6-7-10-41-19(34)9-8-15-11-18(33(4)5)16-12-28(2)14-29(3)13-17(31)21(27(32)39)25(37)30(29,40)26(38)22(28)24(36)20(16)23(15)35/h11,35-36,40H,6-7,10,12-14H2,1-5H3,(H2,32,39)/t28-,29+,30+/m0/s1. The van der Waals surface area contributed by atoms with Crippen molar-refractivity contribution in [3.05, 3.63) is 37.5 Å². The summed E-state index contributed by atoms with van der Waals surface area (Å²) >= 11 is 1.85. The van der Waals surface area contributed by atoms with Crippen LogP contribution in [0.1, 0.15) is 63.1 Å². The van der Waals surface area contributed by atoms with Gasteiger partial charge in [0.25, 0.3) is 5.91 Å². The van der Waals surface area contributed by atoms with Crippen LogP contribution in [0, 0.1) is 22.7 Å².